The third-order valence-electron chi connectivity index (χ3n) is 2.65. The van der Waals surface area contributed by atoms with Crippen LogP contribution in [0.3, 0.4) is 0 Å². The van der Waals surface area contributed by atoms with Gasteiger partial charge in [0.15, 0.2) is 0 Å². The van der Waals surface area contributed by atoms with Gasteiger partial charge in [-0.05, 0) is 12.0 Å². The van der Waals surface area contributed by atoms with Crippen molar-refractivity contribution in [2.75, 3.05) is 13.1 Å². The summed E-state index contributed by atoms with van der Waals surface area (Å²) < 4.78 is 0. The molecule has 1 rings (SSSR count). The van der Waals surface area contributed by atoms with Crippen LogP contribution in [0.15, 0.2) is 30.3 Å². The number of carbonyl (C=O) groups is 2. The van der Waals surface area contributed by atoms with Crippen molar-refractivity contribution < 1.29 is 9.59 Å². The van der Waals surface area contributed by atoms with Crippen LogP contribution >= 0.6 is 12.4 Å². The molecule has 0 fully saturated rings. The summed E-state index contributed by atoms with van der Waals surface area (Å²) in [5, 5.41) is 5.25. The summed E-state index contributed by atoms with van der Waals surface area (Å²) in [6.45, 7) is 2.59. The van der Waals surface area contributed by atoms with Crippen LogP contribution in [0, 0.1) is 0 Å². The fourth-order valence-electron chi connectivity index (χ4n) is 1.60. The highest BCUT2D eigenvalue weighted by atomic mass is 35.5. The van der Waals surface area contributed by atoms with Crippen molar-refractivity contribution in [3.8, 4) is 0 Å². The molecule has 0 aliphatic heterocycles. The van der Waals surface area contributed by atoms with Crippen molar-refractivity contribution in [3.63, 3.8) is 0 Å². The van der Waals surface area contributed by atoms with Crippen molar-refractivity contribution in [3.05, 3.63) is 35.9 Å². The van der Waals surface area contributed by atoms with Crippen LogP contribution in [-0.4, -0.2) is 24.9 Å². The number of halogens is 1. The van der Waals surface area contributed by atoms with Gasteiger partial charge in [-0.3, -0.25) is 9.59 Å². The Bertz CT molecular complexity index is 412. The number of nitrogens with two attached hydrogens (primary N) is 1. The van der Waals surface area contributed by atoms with Gasteiger partial charge >= 0.3 is 0 Å². The first-order valence-electron chi connectivity index (χ1n) is 6.47. The smallest absolute Gasteiger partial charge is 0.239 e. The maximum absolute atomic E-state index is 11.6. The fraction of sp³-hybridized carbons (Fsp3) is 0.429. The van der Waals surface area contributed by atoms with E-state index in [1.165, 1.54) is 0 Å². The van der Waals surface area contributed by atoms with Gasteiger partial charge in [0.05, 0.1) is 6.54 Å². The molecule has 0 heterocycles. The molecule has 1 aromatic carbocycles. The lowest BCUT2D eigenvalue weighted by Gasteiger charge is -2.12. The monoisotopic (exact) mass is 299 g/mol. The second-order valence-corrected chi connectivity index (χ2v) is 4.35. The Morgan fingerprint density at radius 2 is 1.80 bits per heavy atom. The average Bonchev–Trinajstić information content (AvgIpc) is 2.43. The number of nitrogens with one attached hydrogen (secondary N) is 2. The van der Waals surface area contributed by atoms with Crippen LogP contribution in [0.2, 0.25) is 0 Å². The Morgan fingerprint density at radius 3 is 2.40 bits per heavy atom. The van der Waals surface area contributed by atoms with Gasteiger partial charge in [-0.15, -0.1) is 12.4 Å². The molecule has 5 nitrogen and oxygen atoms in total. The standard InChI is InChI=1S/C14H21N3O2.ClH/c1-2-8-16-14(19)10-17-13(18)9-12(15)11-6-4-3-5-7-11;/h3-7,12H,2,8-10,15H2,1H3,(H,16,19)(H,17,18);1H. The fourth-order valence-corrected chi connectivity index (χ4v) is 1.60. The highest BCUT2D eigenvalue weighted by molar-refractivity contribution is 5.85. The van der Waals surface area contributed by atoms with Crippen molar-refractivity contribution in [2.45, 2.75) is 25.8 Å². The van der Waals surface area contributed by atoms with E-state index in [9.17, 15) is 9.59 Å². The first-order chi connectivity index (χ1) is 9.13. The Morgan fingerprint density at radius 1 is 1.15 bits per heavy atom. The molecule has 0 saturated heterocycles. The third-order valence-corrected chi connectivity index (χ3v) is 2.65. The van der Waals surface area contributed by atoms with Gasteiger partial charge in [0.1, 0.15) is 0 Å². The van der Waals surface area contributed by atoms with E-state index in [1.54, 1.807) is 0 Å². The molecule has 1 aromatic rings. The second-order valence-electron chi connectivity index (χ2n) is 4.35. The molecule has 112 valence electrons. The summed E-state index contributed by atoms with van der Waals surface area (Å²) in [6.07, 6.45) is 1.05. The topological polar surface area (TPSA) is 84.2 Å². The lowest BCUT2D eigenvalue weighted by atomic mass is 10.0. The predicted octanol–water partition coefficient (Wildman–Crippen LogP) is 1.14. The Balaban J connectivity index is 0.00000361. The minimum atomic E-state index is -0.347. The number of rotatable bonds is 7. The van der Waals surface area contributed by atoms with E-state index in [-0.39, 0.29) is 43.2 Å². The summed E-state index contributed by atoms with van der Waals surface area (Å²) in [5.74, 6) is -0.397. The molecule has 0 radical (unpaired) electrons. The quantitative estimate of drug-likeness (QED) is 0.706. The van der Waals surface area contributed by atoms with Crippen LogP contribution in [-0.2, 0) is 9.59 Å². The summed E-state index contributed by atoms with van der Waals surface area (Å²) >= 11 is 0. The second kappa shape index (κ2) is 10.2. The minimum Gasteiger partial charge on any atom is -0.355 e. The first-order valence-corrected chi connectivity index (χ1v) is 6.47. The average molecular weight is 300 g/mol. The Kier molecular flexibility index (Phi) is 9.41. The van der Waals surface area contributed by atoms with Crippen molar-refractivity contribution in [1.29, 1.82) is 0 Å². The molecule has 0 aliphatic rings. The van der Waals surface area contributed by atoms with Gasteiger partial charge in [-0.2, -0.15) is 0 Å². The molecule has 0 aliphatic carbocycles. The van der Waals surface area contributed by atoms with Crippen LogP contribution in [0.4, 0.5) is 0 Å². The molecule has 6 heteroatoms. The molecule has 2 amide bonds. The van der Waals surface area contributed by atoms with E-state index in [0.717, 1.165) is 12.0 Å². The highest BCUT2D eigenvalue weighted by Crippen LogP contribution is 2.12. The summed E-state index contributed by atoms with van der Waals surface area (Å²) in [4.78, 5) is 22.9. The zero-order valence-corrected chi connectivity index (χ0v) is 12.4. The summed E-state index contributed by atoms with van der Waals surface area (Å²) in [6, 6.07) is 9.07. The zero-order chi connectivity index (χ0) is 14.1. The summed E-state index contributed by atoms with van der Waals surface area (Å²) in [7, 11) is 0. The maximum Gasteiger partial charge on any atom is 0.239 e. The van der Waals surface area contributed by atoms with E-state index >= 15 is 0 Å². The zero-order valence-electron chi connectivity index (χ0n) is 11.6. The first kappa shape index (κ1) is 18.4. The van der Waals surface area contributed by atoms with E-state index in [1.807, 2.05) is 37.3 Å². The van der Waals surface area contributed by atoms with Gasteiger partial charge in [0.25, 0.3) is 0 Å². The Hall–Kier alpha value is -1.59. The molecular weight excluding hydrogens is 278 g/mol. The van der Waals surface area contributed by atoms with Crippen LogP contribution in [0.1, 0.15) is 31.4 Å². The van der Waals surface area contributed by atoms with E-state index < -0.39 is 0 Å². The highest BCUT2D eigenvalue weighted by Gasteiger charge is 2.11. The van der Waals surface area contributed by atoms with Gasteiger partial charge in [0.2, 0.25) is 11.8 Å². The van der Waals surface area contributed by atoms with E-state index in [2.05, 4.69) is 10.6 Å². The Labute approximate surface area is 125 Å². The molecule has 0 spiro atoms. The third kappa shape index (κ3) is 7.11. The van der Waals surface area contributed by atoms with Crippen molar-refractivity contribution in [2.24, 2.45) is 5.73 Å². The molecular formula is C14H22ClN3O2. The molecule has 0 saturated carbocycles. The van der Waals surface area contributed by atoms with Crippen molar-refractivity contribution in [1.82, 2.24) is 10.6 Å². The molecule has 1 atom stereocenters. The van der Waals surface area contributed by atoms with Gasteiger partial charge in [-0.1, -0.05) is 37.3 Å². The number of hydrogen-bond acceptors (Lipinski definition) is 3. The number of hydrogen-bond donors (Lipinski definition) is 3. The SMILES string of the molecule is CCCNC(=O)CNC(=O)CC(N)c1ccccc1.Cl. The molecule has 1 unspecified atom stereocenters. The predicted molar refractivity (Wildman–Crippen MR) is 81.5 cm³/mol. The normalized spacial score (nSPS) is 11.1. The number of benzene rings is 1. The van der Waals surface area contributed by atoms with Crippen LogP contribution < -0.4 is 16.4 Å². The number of amides is 2. The van der Waals surface area contributed by atoms with Crippen LogP contribution in [0.25, 0.3) is 0 Å². The van der Waals surface area contributed by atoms with E-state index in [0.29, 0.717) is 6.54 Å². The van der Waals surface area contributed by atoms with Gasteiger partial charge < -0.3 is 16.4 Å². The minimum absolute atomic E-state index is 0. The maximum atomic E-state index is 11.6. The lowest BCUT2D eigenvalue weighted by molar-refractivity contribution is -0.126. The molecule has 0 bridgehead atoms. The number of carbonyl (C=O) groups excluding carboxylic acids is 2. The largest absolute Gasteiger partial charge is 0.355 e. The van der Waals surface area contributed by atoms with E-state index in [4.69, 9.17) is 5.73 Å². The molecule has 4 N–H and O–H groups in total. The van der Waals surface area contributed by atoms with Crippen molar-refractivity contribution >= 4 is 24.2 Å². The van der Waals surface area contributed by atoms with Gasteiger partial charge in [-0.25, -0.2) is 0 Å². The summed E-state index contributed by atoms with van der Waals surface area (Å²) in [5.41, 5.74) is 6.83. The van der Waals surface area contributed by atoms with Crippen LogP contribution in [0.5, 0.6) is 0 Å². The molecule has 20 heavy (non-hydrogen) atoms. The van der Waals surface area contributed by atoms with Gasteiger partial charge in [0, 0.05) is 19.0 Å². The lowest BCUT2D eigenvalue weighted by Crippen LogP contribution is -2.38. The molecule has 0 aromatic heterocycles.